The fraction of sp³-hybridized carbons (Fsp3) is 0.0882. The van der Waals surface area contributed by atoms with Crippen LogP contribution in [0.3, 0.4) is 0 Å². The Kier molecular flexibility index (Phi) is 5.44. The van der Waals surface area contributed by atoms with Crippen molar-refractivity contribution in [1.82, 2.24) is 19.5 Å². The van der Waals surface area contributed by atoms with Crippen LogP contribution in [0.2, 0.25) is 0 Å². The molecule has 0 fully saturated rings. The minimum absolute atomic E-state index is 0.122. The van der Waals surface area contributed by atoms with Gasteiger partial charge in [0, 0.05) is 44.4 Å². The van der Waals surface area contributed by atoms with Crippen LogP contribution < -0.4 is 0 Å². The van der Waals surface area contributed by atoms with Gasteiger partial charge in [-0.3, -0.25) is 0 Å². The lowest BCUT2D eigenvalue weighted by atomic mass is 9.87. The Labute approximate surface area is 221 Å². The first kappa shape index (κ1) is 22.4. The highest BCUT2D eigenvalue weighted by atomic mass is 15.1. The average molecular weight is 491 g/mol. The van der Waals surface area contributed by atoms with Gasteiger partial charge in [-0.25, -0.2) is 15.0 Å². The maximum absolute atomic E-state index is 5.01. The summed E-state index contributed by atoms with van der Waals surface area (Å²) in [5, 5.41) is 2.55. The molecular weight excluding hydrogens is 464 g/mol. The lowest BCUT2D eigenvalue weighted by Gasteiger charge is -2.29. The predicted molar refractivity (Wildman–Crippen MR) is 155 cm³/mol. The molecule has 0 radical (unpaired) electrons. The Morgan fingerprint density at radius 1 is 0.553 bits per heavy atom. The van der Waals surface area contributed by atoms with Gasteiger partial charge in [0.2, 0.25) is 0 Å². The molecule has 0 amide bonds. The highest BCUT2D eigenvalue weighted by molar-refractivity contribution is 6.08. The molecule has 2 heterocycles. The molecule has 1 aliphatic carbocycles. The predicted octanol–water partition coefficient (Wildman–Crippen LogP) is 8.14. The summed E-state index contributed by atoms with van der Waals surface area (Å²) in [6, 6.07) is 37.8. The van der Waals surface area contributed by atoms with E-state index in [1.54, 1.807) is 0 Å². The first-order valence-corrected chi connectivity index (χ1v) is 13.0. The van der Waals surface area contributed by atoms with Crippen LogP contribution in [0.1, 0.15) is 18.8 Å². The van der Waals surface area contributed by atoms with Gasteiger partial charge < -0.3 is 4.57 Å². The van der Waals surface area contributed by atoms with E-state index in [9.17, 15) is 0 Å². The third-order valence-corrected chi connectivity index (χ3v) is 7.46. The van der Waals surface area contributed by atoms with Gasteiger partial charge in [-0.1, -0.05) is 122 Å². The summed E-state index contributed by atoms with van der Waals surface area (Å²) in [7, 11) is 0. The number of benzene rings is 4. The molecule has 0 aliphatic heterocycles. The van der Waals surface area contributed by atoms with Crippen molar-refractivity contribution < 1.29 is 0 Å². The highest BCUT2D eigenvalue weighted by Crippen LogP contribution is 2.41. The van der Waals surface area contributed by atoms with E-state index in [0.717, 1.165) is 22.5 Å². The second-order valence-corrected chi connectivity index (χ2v) is 9.73. The van der Waals surface area contributed by atoms with Crippen molar-refractivity contribution in [3.8, 4) is 22.8 Å². The normalized spacial score (nSPS) is 17.1. The lowest BCUT2D eigenvalue weighted by Crippen LogP contribution is -2.20. The van der Waals surface area contributed by atoms with Gasteiger partial charge in [-0.2, -0.15) is 0 Å². The van der Waals surface area contributed by atoms with Gasteiger partial charge in [-0.05, 0) is 12.1 Å². The van der Waals surface area contributed by atoms with E-state index in [1.807, 2.05) is 60.7 Å². The van der Waals surface area contributed by atoms with Crippen molar-refractivity contribution in [2.24, 2.45) is 5.92 Å². The van der Waals surface area contributed by atoms with Gasteiger partial charge in [-0.15, -0.1) is 0 Å². The van der Waals surface area contributed by atoms with E-state index in [-0.39, 0.29) is 12.0 Å². The molecule has 0 saturated carbocycles. The Hall–Kier alpha value is -4.83. The van der Waals surface area contributed by atoms with Crippen LogP contribution in [0.5, 0.6) is 0 Å². The molecule has 2 unspecified atom stereocenters. The maximum Gasteiger partial charge on any atom is 0.164 e. The van der Waals surface area contributed by atoms with Gasteiger partial charge >= 0.3 is 0 Å². The second kappa shape index (κ2) is 9.24. The topological polar surface area (TPSA) is 43.6 Å². The zero-order valence-corrected chi connectivity index (χ0v) is 21.1. The third kappa shape index (κ3) is 3.73. The zero-order chi connectivity index (χ0) is 25.5. The molecule has 2 atom stereocenters. The number of hydrogen-bond acceptors (Lipinski definition) is 3. The summed E-state index contributed by atoms with van der Waals surface area (Å²) in [6.45, 7) is 2.28. The summed E-state index contributed by atoms with van der Waals surface area (Å²) in [5.74, 6) is 2.24. The molecule has 1 aliphatic rings. The molecule has 0 spiro atoms. The Morgan fingerprint density at radius 2 is 1.03 bits per heavy atom. The molecule has 4 heteroatoms. The van der Waals surface area contributed by atoms with Crippen LogP contribution in [-0.4, -0.2) is 19.5 Å². The van der Waals surface area contributed by atoms with Crippen molar-refractivity contribution in [3.63, 3.8) is 0 Å². The maximum atomic E-state index is 5.01. The first-order chi connectivity index (χ1) is 18.8. The fourth-order valence-electron chi connectivity index (χ4n) is 5.57. The number of para-hydroxylation sites is 2. The van der Waals surface area contributed by atoms with E-state index in [4.69, 9.17) is 15.0 Å². The monoisotopic (exact) mass is 490 g/mol. The standard InChI is InChI=1S/C34H26N4/c1-23-26(19-12-22-29(23)38-30-20-10-8-17-27(30)28-18-9-11-21-31(28)38)34-36-32(24-13-4-2-5-14-24)35-33(37-34)25-15-6-3-7-16-25/h2-23,29H,1H3. The number of aromatic nitrogens is 4. The first-order valence-electron chi connectivity index (χ1n) is 13.0. The zero-order valence-electron chi connectivity index (χ0n) is 21.1. The van der Waals surface area contributed by atoms with E-state index in [1.165, 1.54) is 21.8 Å². The van der Waals surface area contributed by atoms with Gasteiger partial charge in [0.05, 0.1) is 6.04 Å². The van der Waals surface area contributed by atoms with Crippen molar-refractivity contribution in [3.05, 3.63) is 133 Å². The molecular formula is C34H26N4. The summed E-state index contributed by atoms with van der Waals surface area (Å²) in [6.07, 6.45) is 6.61. The minimum atomic E-state index is 0.122. The van der Waals surface area contributed by atoms with Crippen LogP contribution in [0.4, 0.5) is 0 Å². The van der Waals surface area contributed by atoms with E-state index >= 15 is 0 Å². The van der Waals surface area contributed by atoms with Gasteiger partial charge in [0.1, 0.15) is 0 Å². The fourth-order valence-corrected chi connectivity index (χ4v) is 5.57. The molecule has 4 nitrogen and oxygen atoms in total. The van der Waals surface area contributed by atoms with Crippen LogP contribution in [0.25, 0.3) is 50.2 Å². The van der Waals surface area contributed by atoms with Crippen LogP contribution in [0.15, 0.2) is 127 Å². The number of fused-ring (bicyclic) bond motifs is 3. The minimum Gasteiger partial charge on any atom is -0.333 e. The lowest BCUT2D eigenvalue weighted by molar-refractivity contribution is 0.520. The number of hydrogen-bond donors (Lipinski definition) is 0. The summed E-state index contributed by atoms with van der Waals surface area (Å²) < 4.78 is 2.47. The molecule has 0 saturated heterocycles. The van der Waals surface area contributed by atoms with Crippen molar-refractivity contribution in [1.29, 1.82) is 0 Å². The second-order valence-electron chi connectivity index (χ2n) is 9.73. The van der Waals surface area contributed by atoms with Crippen LogP contribution >= 0.6 is 0 Å². The van der Waals surface area contributed by atoms with Crippen molar-refractivity contribution in [2.45, 2.75) is 13.0 Å². The van der Waals surface area contributed by atoms with Crippen LogP contribution in [0, 0.1) is 5.92 Å². The van der Waals surface area contributed by atoms with Crippen LogP contribution in [-0.2, 0) is 0 Å². The molecule has 4 aromatic carbocycles. The molecule has 182 valence electrons. The largest absolute Gasteiger partial charge is 0.333 e. The van der Waals surface area contributed by atoms with E-state index < -0.39 is 0 Å². The summed E-state index contributed by atoms with van der Waals surface area (Å²) in [5.41, 5.74) is 5.54. The Bertz CT molecular complexity index is 1720. The summed E-state index contributed by atoms with van der Waals surface area (Å²) in [4.78, 5) is 14.9. The third-order valence-electron chi connectivity index (χ3n) is 7.46. The molecule has 7 rings (SSSR count). The number of rotatable bonds is 4. The summed E-state index contributed by atoms with van der Waals surface area (Å²) >= 11 is 0. The number of nitrogens with zero attached hydrogens (tertiary/aromatic N) is 4. The van der Waals surface area contributed by atoms with E-state index in [2.05, 4.69) is 78.2 Å². The molecule has 2 aromatic heterocycles. The molecule has 0 bridgehead atoms. The molecule has 38 heavy (non-hydrogen) atoms. The number of allylic oxidation sites excluding steroid dienone is 4. The SMILES string of the molecule is CC1C(c2nc(-c3ccccc3)nc(-c3ccccc3)n2)=CC=CC1n1c2ccccc2c2ccccc21. The Balaban J connectivity index is 1.38. The molecule has 0 N–H and O–H groups in total. The molecule has 6 aromatic rings. The Morgan fingerprint density at radius 3 is 1.58 bits per heavy atom. The average Bonchev–Trinajstić information content (AvgIpc) is 3.32. The highest BCUT2D eigenvalue weighted by Gasteiger charge is 2.28. The van der Waals surface area contributed by atoms with Crippen molar-refractivity contribution in [2.75, 3.05) is 0 Å². The smallest absolute Gasteiger partial charge is 0.164 e. The van der Waals surface area contributed by atoms with E-state index in [0.29, 0.717) is 11.6 Å². The quantitative estimate of drug-likeness (QED) is 0.250. The van der Waals surface area contributed by atoms with Crippen molar-refractivity contribution >= 4 is 27.4 Å². The van der Waals surface area contributed by atoms with Gasteiger partial charge in [0.15, 0.2) is 17.5 Å². The van der Waals surface area contributed by atoms with Gasteiger partial charge in [0.25, 0.3) is 0 Å².